The first-order valence-electron chi connectivity index (χ1n) is 11.2. The fourth-order valence-corrected chi connectivity index (χ4v) is 4.38. The van der Waals surface area contributed by atoms with Crippen molar-refractivity contribution in [2.75, 3.05) is 23.9 Å². The van der Waals surface area contributed by atoms with Crippen LogP contribution in [0.25, 0.3) is 0 Å². The number of aromatic nitrogens is 1. The first kappa shape index (κ1) is 24.8. The van der Waals surface area contributed by atoms with Gasteiger partial charge in [-0.05, 0) is 44.0 Å². The Kier molecular flexibility index (Phi) is 7.78. The van der Waals surface area contributed by atoms with Crippen LogP contribution in [0.2, 0.25) is 0 Å². The van der Waals surface area contributed by atoms with Crippen LogP contribution in [0.1, 0.15) is 43.1 Å². The van der Waals surface area contributed by atoms with Gasteiger partial charge in [0.15, 0.2) is 0 Å². The number of fused-ring (bicyclic) bond motifs is 1. The van der Waals surface area contributed by atoms with E-state index in [4.69, 9.17) is 4.74 Å². The van der Waals surface area contributed by atoms with Crippen molar-refractivity contribution in [3.63, 3.8) is 0 Å². The summed E-state index contributed by atoms with van der Waals surface area (Å²) in [6.45, 7) is 6.24. The molecule has 0 bridgehead atoms. The molecular formula is C24H34N4O5. The number of hydrogen-bond donors (Lipinski definition) is 4. The van der Waals surface area contributed by atoms with E-state index in [1.165, 1.54) is 6.92 Å². The molecule has 2 heterocycles. The van der Waals surface area contributed by atoms with Gasteiger partial charge < -0.3 is 29.7 Å². The van der Waals surface area contributed by atoms with Gasteiger partial charge in [-0.1, -0.05) is 13.0 Å². The lowest BCUT2D eigenvalue weighted by Crippen LogP contribution is -2.44. The molecule has 1 aromatic heterocycles. The molecule has 4 N–H and O–H groups in total. The van der Waals surface area contributed by atoms with E-state index >= 15 is 0 Å². The third-order valence-electron chi connectivity index (χ3n) is 6.11. The van der Waals surface area contributed by atoms with Crippen molar-refractivity contribution in [3.05, 3.63) is 57.5 Å². The molecule has 0 spiro atoms. The number of pyridine rings is 1. The van der Waals surface area contributed by atoms with E-state index in [1.807, 2.05) is 37.4 Å². The molecule has 1 aliphatic rings. The molecule has 9 heteroatoms. The molecule has 0 amide bonds. The Morgan fingerprint density at radius 3 is 2.64 bits per heavy atom. The van der Waals surface area contributed by atoms with E-state index in [0.717, 1.165) is 28.9 Å². The van der Waals surface area contributed by atoms with Gasteiger partial charge in [0.2, 0.25) is 0 Å². The summed E-state index contributed by atoms with van der Waals surface area (Å²) < 4.78 is 7.09. The number of carboxylic acids is 1. The Morgan fingerprint density at radius 1 is 1.33 bits per heavy atom. The SMILES string of the molecule is CCC(COC)N1c2ccc(CNC(C(=O)O)C(C)O)cc2NC1c1cc(C)c(=O)n(C)c1. The van der Waals surface area contributed by atoms with E-state index in [0.29, 0.717) is 18.7 Å². The molecular weight excluding hydrogens is 424 g/mol. The largest absolute Gasteiger partial charge is 0.480 e. The van der Waals surface area contributed by atoms with Crippen LogP contribution < -0.4 is 21.1 Å². The molecule has 4 atom stereocenters. The maximum Gasteiger partial charge on any atom is 0.323 e. The molecule has 0 saturated carbocycles. The summed E-state index contributed by atoms with van der Waals surface area (Å²) in [4.78, 5) is 25.9. The maximum absolute atomic E-state index is 12.2. The molecule has 0 saturated heterocycles. The van der Waals surface area contributed by atoms with Crippen LogP contribution in [0, 0.1) is 6.92 Å². The Bertz CT molecular complexity index is 1030. The molecule has 0 aliphatic carbocycles. The molecule has 1 aromatic carbocycles. The van der Waals surface area contributed by atoms with Crippen LogP contribution in [0.3, 0.4) is 0 Å². The van der Waals surface area contributed by atoms with Crippen LogP contribution in [0.4, 0.5) is 11.4 Å². The predicted molar refractivity (Wildman–Crippen MR) is 128 cm³/mol. The van der Waals surface area contributed by atoms with Crippen LogP contribution in [-0.4, -0.2) is 52.7 Å². The van der Waals surface area contributed by atoms with Crippen LogP contribution in [0.15, 0.2) is 35.3 Å². The summed E-state index contributed by atoms with van der Waals surface area (Å²) in [5.41, 5.74) is 4.46. The van der Waals surface area contributed by atoms with Crippen molar-refractivity contribution >= 4 is 17.3 Å². The lowest BCUT2D eigenvalue weighted by atomic mass is 10.1. The zero-order chi connectivity index (χ0) is 24.3. The second kappa shape index (κ2) is 10.4. The highest BCUT2D eigenvalue weighted by Gasteiger charge is 2.35. The number of aryl methyl sites for hydroxylation is 2. The average molecular weight is 459 g/mol. The highest BCUT2D eigenvalue weighted by molar-refractivity contribution is 5.78. The van der Waals surface area contributed by atoms with Crippen molar-refractivity contribution < 1.29 is 19.7 Å². The molecule has 9 nitrogen and oxygen atoms in total. The number of aliphatic hydroxyl groups excluding tert-OH is 1. The Hall–Kier alpha value is -2.88. The van der Waals surface area contributed by atoms with Crippen LogP contribution >= 0.6 is 0 Å². The molecule has 0 radical (unpaired) electrons. The molecule has 1 aliphatic heterocycles. The fraction of sp³-hybridized carbons (Fsp3) is 0.500. The molecule has 180 valence electrons. The fourth-order valence-electron chi connectivity index (χ4n) is 4.38. The standard InChI is InChI=1S/C24H34N4O5/c1-6-18(13-33-5)28-20-8-7-16(11-25-21(15(3)29)24(31)32)10-19(20)26-22(28)17-9-14(2)23(30)27(4)12-17/h7-10,12,15,18,21-22,25-26,29H,6,11,13H2,1-5H3,(H,31,32). The summed E-state index contributed by atoms with van der Waals surface area (Å²) in [6, 6.07) is 6.95. The molecule has 33 heavy (non-hydrogen) atoms. The number of anilines is 2. The molecule has 0 fully saturated rings. The number of rotatable bonds is 10. The molecule has 2 aromatic rings. The van der Waals surface area contributed by atoms with E-state index in [1.54, 1.807) is 18.7 Å². The van der Waals surface area contributed by atoms with Gasteiger partial charge in [-0.25, -0.2) is 0 Å². The quantitative estimate of drug-likeness (QED) is 0.427. The van der Waals surface area contributed by atoms with Gasteiger partial charge in [0.25, 0.3) is 5.56 Å². The van der Waals surface area contributed by atoms with E-state index in [-0.39, 0.29) is 17.8 Å². The lowest BCUT2D eigenvalue weighted by Gasteiger charge is -2.34. The van der Waals surface area contributed by atoms with Crippen molar-refractivity contribution in [2.24, 2.45) is 7.05 Å². The van der Waals surface area contributed by atoms with Crippen molar-refractivity contribution in [2.45, 2.75) is 58.1 Å². The zero-order valence-electron chi connectivity index (χ0n) is 19.8. The third kappa shape index (κ3) is 5.21. The minimum atomic E-state index is -1.09. The Labute approximate surface area is 194 Å². The minimum Gasteiger partial charge on any atom is -0.480 e. The summed E-state index contributed by atoms with van der Waals surface area (Å²) in [5, 5.41) is 25.5. The number of carbonyl (C=O) groups is 1. The zero-order valence-corrected chi connectivity index (χ0v) is 19.8. The third-order valence-corrected chi connectivity index (χ3v) is 6.11. The number of benzene rings is 1. The minimum absolute atomic E-state index is 0.0239. The number of aliphatic hydroxyl groups is 1. The Morgan fingerprint density at radius 2 is 2.06 bits per heavy atom. The second-order valence-electron chi connectivity index (χ2n) is 8.63. The van der Waals surface area contributed by atoms with E-state index < -0.39 is 18.1 Å². The number of nitrogens with zero attached hydrogens (tertiary/aromatic N) is 2. The van der Waals surface area contributed by atoms with Crippen LogP contribution in [0.5, 0.6) is 0 Å². The van der Waals surface area contributed by atoms with Gasteiger partial charge >= 0.3 is 5.97 Å². The molecule has 3 rings (SSSR count). The number of aliphatic carboxylic acids is 1. The number of nitrogens with one attached hydrogen (secondary N) is 2. The van der Waals surface area contributed by atoms with Crippen molar-refractivity contribution in [1.82, 2.24) is 9.88 Å². The summed E-state index contributed by atoms with van der Waals surface area (Å²) in [6.07, 6.45) is 1.53. The first-order valence-corrected chi connectivity index (χ1v) is 11.2. The average Bonchev–Trinajstić information content (AvgIpc) is 3.13. The number of hydrogen-bond acceptors (Lipinski definition) is 7. The summed E-state index contributed by atoms with van der Waals surface area (Å²) in [5.74, 6) is -1.09. The monoisotopic (exact) mass is 458 g/mol. The van der Waals surface area contributed by atoms with Gasteiger partial charge in [-0.2, -0.15) is 0 Å². The van der Waals surface area contributed by atoms with Gasteiger partial charge in [0.1, 0.15) is 12.2 Å². The highest BCUT2D eigenvalue weighted by atomic mass is 16.5. The molecule has 4 unspecified atom stereocenters. The van der Waals surface area contributed by atoms with E-state index in [2.05, 4.69) is 22.5 Å². The number of methoxy groups -OCH3 is 1. The second-order valence-corrected chi connectivity index (χ2v) is 8.63. The topological polar surface area (TPSA) is 116 Å². The smallest absolute Gasteiger partial charge is 0.323 e. The normalized spacial score (nSPS) is 17.9. The summed E-state index contributed by atoms with van der Waals surface area (Å²) in [7, 11) is 3.44. The van der Waals surface area contributed by atoms with Gasteiger partial charge in [0, 0.05) is 38.0 Å². The van der Waals surface area contributed by atoms with E-state index in [9.17, 15) is 19.8 Å². The number of ether oxygens (including phenoxy) is 1. The number of carboxylic acid groups (broad SMARTS) is 1. The summed E-state index contributed by atoms with van der Waals surface area (Å²) >= 11 is 0. The van der Waals surface area contributed by atoms with Gasteiger partial charge in [-0.3, -0.25) is 14.9 Å². The highest BCUT2D eigenvalue weighted by Crippen LogP contribution is 2.43. The maximum atomic E-state index is 12.2. The van der Waals surface area contributed by atoms with Crippen molar-refractivity contribution in [1.29, 1.82) is 0 Å². The van der Waals surface area contributed by atoms with Crippen molar-refractivity contribution in [3.8, 4) is 0 Å². The van der Waals surface area contributed by atoms with Gasteiger partial charge in [-0.15, -0.1) is 0 Å². The van der Waals surface area contributed by atoms with Crippen LogP contribution in [-0.2, 0) is 23.1 Å². The predicted octanol–water partition coefficient (Wildman–Crippen LogP) is 1.97. The van der Waals surface area contributed by atoms with Gasteiger partial charge in [0.05, 0.1) is 30.1 Å². The Balaban J connectivity index is 1.95. The first-order chi connectivity index (χ1) is 15.7. The lowest BCUT2D eigenvalue weighted by molar-refractivity contribution is -0.142.